The van der Waals surface area contributed by atoms with Crippen LogP contribution in [0.1, 0.15) is 30.4 Å². The highest BCUT2D eigenvalue weighted by Gasteiger charge is 2.09. The molecule has 0 amide bonds. The summed E-state index contributed by atoms with van der Waals surface area (Å²) >= 11 is 0. The summed E-state index contributed by atoms with van der Waals surface area (Å²) in [7, 11) is 0. The van der Waals surface area contributed by atoms with Gasteiger partial charge in [0.1, 0.15) is 0 Å². The summed E-state index contributed by atoms with van der Waals surface area (Å²) in [6.07, 6.45) is 15.4. The Hall–Kier alpha value is -1.56. The van der Waals surface area contributed by atoms with E-state index in [2.05, 4.69) is 48.6 Å². The van der Waals surface area contributed by atoms with Crippen molar-refractivity contribution >= 4 is 0 Å². The molecule has 0 aromatic heterocycles. The van der Waals surface area contributed by atoms with Gasteiger partial charge in [0.25, 0.3) is 0 Å². The van der Waals surface area contributed by atoms with Crippen LogP contribution in [0.3, 0.4) is 0 Å². The average Bonchev–Trinajstić information content (AvgIpc) is 2.80. The number of rotatable bonds is 0. The lowest BCUT2D eigenvalue weighted by Crippen LogP contribution is -2.06. The largest absolute Gasteiger partial charge is 0.0801 e. The van der Waals surface area contributed by atoms with Gasteiger partial charge in [-0.15, -0.1) is 0 Å². The number of fused-ring (bicyclic) bond motifs is 2. The molecule has 0 unspecified atom stereocenters. The molecular formula is C17H18. The molecule has 4 rings (SSSR count). The van der Waals surface area contributed by atoms with Gasteiger partial charge >= 0.3 is 0 Å². The number of allylic oxidation sites excluding steroid dienone is 6. The summed E-state index contributed by atoms with van der Waals surface area (Å²) < 4.78 is 0. The van der Waals surface area contributed by atoms with E-state index in [1.54, 1.807) is 16.7 Å². The van der Waals surface area contributed by atoms with Gasteiger partial charge in [0.2, 0.25) is 0 Å². The van der Waals surface area contributed by atoms with E-state index < -0.39 is 0 Å². The van der Waals surface area contributed by atoms with Crippen molar-refractivity contribution < 1.29 is 0 Å². The standard InChI is InChI=1S/C9H10.C8H8/c1-2-5-9-7-3-6-8(9)4-1;1-2-4-8-6-5-7(8)3-1/h3-6H,1-2,7H2;1-4H,5-6H2. The normalized spacial score (nSPS) is 19.1. The highest BCUT2D eigenvalue weighted by Crippen LogP contribution is 2.27. The van der Waals surface area contributed by atoms with E-state index in [1.807, 2.05) is 0 Å². The number of hydrogen-bond donors (Lipinski definition) is 0. The van der Waals surface area contributed by atoms with Crippen LogP contribution in [0, 0.1) is 0 Å². The molecule has 86 valence electrons. The van der Waals surface area contributed by atoms with E-state index in [1.165, 1.54) is 37.7 Å². The SMILES string of the molecule is C1=CC2=CCCC=C2C1.c1ccc2c(c1)CC2. The average molecular weight is 222 g/mol. The summed E-state index contributed by atoms with van der Waals surface area (Å²) in [6, 6.07) is 8.63. The van der Waals surface area contributed by atoms with Crippen molar-refractivity contribution in [3.05, 3.63) is 70.8 Å². The van der Waals surface area contributed by atoms with E-state index >= 15 is 0 Å². The fraction of sp³-hybridized carbons (Fsp3) is 0.294. The zero-order chi connectivity index (χ0) is 11.5. The zero-order valence-electron chi connectivity index (χ0n) is 10.2. The molecular weight excluding hydrogens is 204 g/mol. The van der Waals surface area contributed by atoms with Crippen LogP contribution in [0.2, 0.25) is 0 Å². The fourth-order valence-electron chi connectivity index (χ4n) is 2.57. The Morgan fingerprint density at radius 1 is 0.824 bits per heavy atom. The lowest BCUT2D eigenvalue weighted by atomic mass is 9.89. The number of benzene rings is 1. The lowest BCUT2D eigenvalue weighted by Gasteiger charge is -2.16. The third kappa shape index (κ3) is 2.26. The van der Waals surface area contributed by atoms with Gasteiger partial charge in [0.15, 0.2) is 0 Å². The molecule has 0 radical (unpaired) electrons. The minimum Gasteiger partial charge on any atom is -0.0801 e. The molecule has 0 fully saturated rings. The maximum Gasteiger partial charge on any atom is -0.00915 e. The molecule has 1 aromatic carbocycles. The van der Waals surface area contributed by atoms with E-state index in [9.17, 15) is 0 Å². The maximum atomic E-state index is 2.36. The van der Waals surface area contributed by atoms with E-state index in [-0.39, 0.29) is 0 Å². The van der Waals surface area contributed by atoms with Crippen molar-refractivity contribution in [1.82, 2.24) is 0 Å². The first-order chi connectivity index (χ1) is 8.43. The summed E-state index contributed by atoms with van der Waals surface area (Å²) in [6.45, 7) is 0. The zero-order valence-corrected chi connectivity index (χ0v) is 10.2. The van der Waals surface area contributed by atoms with Crippen LogP contribution in [0.25, 0.3) is 0 Å². The Labute approximate surface area is 103 Å². The Morgan fingerprint density at radius 2 is 1.53 bits per heavy atom. The van der Waals surface area contributed by atoms with Gasteiger partial charge in [-0.05, 0) is 54.4 Å². The van der Waals surface area contributed by atoms with Gasteiger partial charge in [-0.2, -0.15) is 0 Å². The molecule has 3 aliphatic rings. The predicted molar refractivity (Wildman–Crippen MR) is 73.0 cm³/mol. The number of hydrogen-bond acceptors (Lipinski definition) is 0. The van der Waals surface area contributed by atoms with E-state index in [4.69, 9.17) is 0 Å². The monoisotopic (exact) mass is 222 g/mol. The van der Waals surface area contributed by atoms with Crippen LogP contribution < -0.4 is 0 Å². The first-order valence-electron chi connectivity index (χ1n) is 6.56. The van der Waals surface area contributed by atoms with Crippen LogP contribution in [-0.2, 0) is 12.8 Å². The lowest BCUT2D eigenvalue weighted by molar-refractivity contribution is 0.839. The third-order valence-corrected chi connectivity index (χ3v) is 3.71. The fourth-order valence-corrected chi connectivity index (χ4v) is 2.57. The van der Waals surface area contributed by atoms with Crippen molar-refractivity contribution in [2.75, 3.05) is 0 Å². The van der Waals surface area contributed by atoms with Crippen molar-refractivity contribution in [2.45, 2.75) is 32.1 Å². The Kier molecular flexibility index (Phi) is 2.96. The van der Waals surface area contributed by atoms with Gasteiger partial charge in [-0.1, -0.05) is 48.6 Å². The molecule has 3 aliphatic carbocycles. The molecule has 0 heteroatoms. The Morgan fingerprint density at radius 3 is 2.12 bits per heavy atom. The Bertz CT molecular complexity index is 478. The second-order valence-electron chi connectivity index (χ2n) is 4.84. The smallest absolute Gasteiger partial charge is 0.00915 e. The molecule has 0 spiro atoms. The van der Waals surface area contributed by atoms with Crippen molar-refractivity contribution in [3.8, 4) is 0 Å². The van der Waals surface area contributed by atoms with Crippen LogP contribution >= 0.6 is 0 Å². The highest BCUT2D eigenvalue weighted by atomic mass is 14.1. The van der Waals surface area contributed by atoms with Gasteiger partial charge in [0.05, 0.1) is 0 Å². The first-order valence-corrected chi connectivity index (χ1v) is 6.56. The first kappa shape index (κ1) is 10.6. The van der Waals surface area contributed by atoms with Gasteiger partial charge in [0, 0.05) is 0 Å². The molecule has 0 saturated carbocycles. The molecule has 0 nitrogen and oxygen atoms in total. The van der Waals surface area contributed by atoms with Crippen molar-refractivity contribution in [1.29, 1.82) is 0 Å². The van der Waals surface area contributed by atoms with Crippen LogP contribution in [0.5, 0.6) is 0 Å². The molecule has 0 aliphatic heterocycles. The van der Waals surface area contributed by atoms with Crippen LogP contribution in [0.15, 0.2) is 59.7 Å². The summed E-state index contributed by atoms with van der Waals surface area (Å²) in [5, 5.41) is 0. The molecule has 17 heavy (non-hydrogen) atoms. The molecule has 0 heterocycles. The van der Waals surface area contributed by atoms with E-state index in [0.717, 1.165) is 0 Å². The molecule has 0 saturated heterocycles. The summed E-state index contributed by atoms with van der Waals surface area (Å²) in [4.78, 5) is 0. The van der Waals surface area contributed by atoms with Gasteiger partial charge in [-0.3, -0.25) is 0 Å². The summed E-state index contributed by atoms with van der Waals surface area (Å²) in [5.74, 6) is 0. The maximum absolute atomic E-state index is 2.36. The molecule has 0 atom stereocenters. The van der Waals surface area contributed by atoms with E-state index in [0.29, 0.717) is 0 Å². The topological polar surface area (TPSA) is 0 Å². The van der Waals surface area contributed by atoms with Gasteiger partial charge < -0.3 is 0 Å². The van der Waals surface area contributed by atoms with Crippen molar-refractivity contribution in [2.24, 2.45) is 0 Å². The minimum atomic E-state index is 1.17. The highest BCUT2D eigenvalue weighted by molar-refractivity contribution is 5.47. The predicted octanol–water partition coefficient (Wildman–Crippen LogP) is 4.38. The Balaban J connectivity index is 0.000000107. The minimum absolute atomic E-state index is 1.17. The molecule has 0 bridgehead atoms. The second kappa shape index (κ2) is 4.75. The third-order valence-electron chi connectivity index (χ3n) is 3.71. The van der Waals surface area contributed by atoms with Crippen LogP contribution in [-0.4, -0.2) is 0 Å². The number of aryl methyl sites for hydroxylation is 2. The second-order valence-corrected chi connectivity index (χ2v) is 4.84. The van der Waals surface area contributed by atoms with Crippen LogP contribution in [0.4, 0.5) is 0 Å². The summed E-state index contributed by atoms with van der Waals surface area (Å²) in [5.41, 5.74) is 6.11. The molecule has 1 aromatic rings. The van der Waals surface area contributed by atoms with Crippen molar-refractivity contribution in [3.63, 3.8) is 0 Å². The van der Waals surface area contributed by atoms with Gasteiger partial charge in [-0.25, -0.2) is 0 Å². The quantitative estimate of drug-likeness (QED) is 0.611. The molecule has 0 N–H and O–H groups in total.